The van der Waals surface area contributed by atoms with E-state index in [1.54, 1.807) is 38.1 Å². The molecule has 2 heterocycles. The number of nitrogens with zero attached hydrogens (tertiary/aromatic N) is 2. The number of ether oxygens (including phenoxy) is 3. The molecule has 0 spiro atoms. The minimum Gasteiger partial charge on any atom is -0.508 e. The van der Waals surface area contributed by atoms with Gasteiger partial charge in [-0.3, -0.25) is 4.79 Å². The fourth-order valence-electron chi connectivity index (χ4n) is 6.65. The Morgan fingerprint density at radius 1 is 1.11 bits per heavy atom. The van der Waals surface area contributed by atoms with E-state index in [1.807, 2.05) is 12.1 Å². The Hall–Kier alpha value is -2.45. The number of allylic oxidation sites excluding steroid dienone is 3. The summed E-state index contributed by atoms with van der Waals surface area (Å²) >= 11 is 1.60. The molecule has 2 fully saturated rings. The molecule has 0 radical (unpaired) electrons. The number of aliphatic imine (C=N–C) groups is 1. The molecule has 2 aliphatic heterocycles. The van der Waals surface area contributed by atoms with Gasteiger partial charge in [0, 0.05) is 18.5 Å². The number of aromatic hydroxyl groups is 1. The molecule has 1 aromatic rings. The third-order valence-electron chi connectivity index (χ3n) is 8.77. The number of morpholine rings is 1. The third-order valence-corrected chi connectivity index (χ3v) is 9.99. The van der Waals surface area contributed by atoms with Gasteiger partial charge in [0.2, 0.25) is 0 Å². The molecule has 2 atom stereocenters. The average Bonchev–Trinajstić information content (AvgIpc) is 3.29. The second kappa shape index (κ2) is 10.7. The maximum absolute atomic E-state index is 13.4. The Morgan fingerprint density at radius 2 is 1.81 bits per heavy atom. The van der Waals surface area contributed by atoms with Crippen LogP contribution in [-0.4, -0.2) is 66.9 Å². The molecular formula is C29H38N2O5S. The van der Waals surface area contributed by atoms with Crippen molar-refractivity contribution in [3.8, 4) is 5.75 Å². The number of phenols is 1. The Kier molecular flexibility index (Phi) is 7.59. The highest BCUT2D eigenvalue weighted by Gasteiger charge is 2.56. The molecule has 1 saturated carbocycles. The number of hydrogen-bond acceptors (Lipinski definition) is 7. The number of benzene rings is 1. The van der Waals surface area contributed by atoms with Crippen LogP contribution in [-0.2, 0) is 19.0 Å². The summed E-state index contributed by atoms with van der Waals surface area (Å²) in [5, 5.41) is 10.4. The first-order chi connectivity index (χ1) is 17.9. The minimum absolute atomic E-state index is 0.0552. The monoisotopic (exact) mass is 526 g/mol. The Bertz CT molecular complexity index is 1100. The summed E-state index contributed by atoms with van der Waals surface area (Å²) < 4.78 is 17.7. The molecule has 1 N–H and O–H groups in total. The Balaban J connectivity index is 1.55. The van der Waals surface area contributed by atoms with Gasteiger partial charge < -0.3 is 24.2 Å². The predicted molar refractivity (Wildman–Crippen MR) is 146 cm³/mol. The van der Waals surface area contributed by atoms with Crippen molar-refractivity contribution in [3.63, 3.8) is 0 Å². The van der Waals surface area contributed by atoms with E-state index in [0.717, 1.165) is 67.3 Å². The lowest BCUT2D eigenvalue weighted by molar-refractivity contribution is -0.118. The van der Waals surface area contributed by atoms with Crippen LogP contribution in [0, 0.1) is 10.8 Å². The van der Waals surface area contributed by atoms with Crippen molar-refractivity contribution in [2.24, 2.45) is 15.8 Å². The topological polar surface area (TPSA) is 80.6 Å². The number of carbonyl (C=O) groups is 1. The van der Waals surface area contributed by atoms with Crippen molar-refractivity contribution in [1.29, 1.82) is 0 Å². The van der Waals surface area contributed by atoms with E-state index in [9.17, 15) is 9.90 Å². The summed E-state index contributed by atoms with van der Waals surface area (Å²) in [6.45, 7) is 5.23. The minimum atomic E-state index is -0.432. The molecule has 1 saturated heterocycles. The second-order valence-corrected chi connectivity index (χ2v) is 12.0. The Morgan fingerprint density at radius 3 is 2.46 bits per heavy atom. The number of rotatable bonds is 6. The molecule has 5 rings (SSSR count). The van der Waals surface area contributed by atoms with E-state index < -0.39 is 5.41 Å². The zero-order valence-electron chi connectivity index (χ0n) is 22.1. The van der Waals surface area contributed by atoms with Crippen molar-refractivity contribution >= 4 is 28.4 Å². The number of carbonyl (C=O) groups excluding carboxylic acids is 1. The number of methoxy groups -OCH3 is 2. The van der Waals surface area contributed by atoms with Gasteiger partial charge in [0.1, 0.15) is 11.5 Å². The molecule has 4 aliphatic rings. The first kappa shape index (κ1) is 26.2. The average molecular weight is 527 g/mol. The van der Waals surface area contributed by atoms with Crippen molar-refractivity contribution in [1.82, 2.24) is 4.90 Å². The zero-order chi connectivity index (χ0) is 26.0. The number of amidine groups is 1. The lowest BCUT2D eigenvalue weighted by Gasteiger charge is -2.54. The van der Waals surface area contributed by atoms with Crippen LogP contribution >= 0.6 is 11.8 Å². The fourth-order valence-corrected chi connectivity index (χ4v) is 7.90. The molecule has 1 amide bonds. The van der Waals surface area contributed by atoms with Crippen LogP contribution < -0.4 is 0 Å². The first-order valence-electron chi connectivity index (χ1n) is 13.3. The summed E-state index contributed by atoms with van der Waals surface area (Å²) in [5.74, 6) is 1.75. The van der Waals surface area contributed by atoms with E-state index in [4.69, 9.17) is 14.2 Å². The van der Waals surface area contributed by atoms with E-state index in [1.165, 1.54) is 6.42 Å². The van der Waals surface area contributed by atoms with Gasteiger partial charge in [-0.1, -0.05) is 50.1 Å². The summed E-state index contributed by atoms with van der Waals surface area (Å²) in [4.78, 5) is 20.1. The van der Waals surface area contributed by atoms with Gasteiger partial charge in [0.15, 0.2) is 10.9 Å². The van der Waals surface area contributed by atoms with Crippen LogP contribution in [0.5, 0.6) is 5.75 Å². The van der Waals surface area contributed by atoms with Crippen molar-refractivity contribution in [2.75, 3.05) is 40.5 Å². The van der Waals surface area contributed by atoms with Gasteiger partial charge in [-0.25, -0.2) is 0 Å². The van der Waals surface area contributed by atoms with Crippen LogP contribution in [0.2, 0.25) is 0 Å². The fraction of sp³-hybridized carbons (Fsp3) is 0.586. The van der Waals surface area contributed by atoms with Crippen molar-refractivity contribution in [2.45, 2.75) is 57.1 Å². The smallest absolute Gasteiger partial charge is 0.261 e. The lowest BCUT2D eigenvalue weighted by atomic mass is 9.52. The van der Waals surface area contributed by atoms with Gasteiger partial charge in [0.25, 0.3) is 5.91 Å². The summed E-state index contributed by atoms with van der Waals surface area (Å²) in [7, 11) is 3.42. The largest absolute Gasteiger partial charge is 0.508 e. The van der Waals surface area contributed by atoms with Crippen LogP contribution in [0.25, 0.3) is 5.57 Å². The number of amides is 1. The number of thioether (sulfide) groups is 1. The van der Waals surface area contributed by atoms with Crippen LogP contribution in [0.15, 0.2) is 46.9 Å². The normalized spacial score (nSPS) is 28.1. The first-order valence-corrected chi connectivity index (χ1v) is 14.2. The molecule has 0 aromatic heterocycles. The van der Waals surface area contributed by atoms with Gasteiger partial charge in [-0.2, -0.15) is 4.99 Å². The van der Waals surface area contributed by atoms with Gasteiger partial charge in [0.05, 0.1) is 32.7 Å². The van der Waals surface area contributed by atoms with Crippen molar-refractivity contribution in [3.05, 3.63) is 47.4 Å². The van der Waals surface area contributed by atoms with E-state index in [2.05, 4.69) is 22.9 Å². The molecular weight excluding hydrogens is 488 g/mol. The third kappa shape index (κ3) is 4.90. The predicted octanol–water partition coefficient (Wildman–Crippen LogP) is 5.36. The maximum Gasteiger partial charge on any atom is 0.261 e. The Labute approximate surface area is 223 Å². The molecule has 8 heteroatoms. The summed E-state index contributed by atoms with van der Waals surface area (Å²) in [6, 6.07) is 7.35. The highest BCUT2D eigenvalue weighted by Crippen LogP contribution is 2.63. The molecule has 2 unspecified atom stereocenters. The quantitative estimate of drug-likeness (QED) is 0.534. The van der Waals surface area contributed by atoms with E-state index >= 15 is 0 Å². The highest BCUT2D eigenvalue weighted by atomic mass is 32.2. The molecule has 200 valence electrons. The number of hydrogen-bond donors (Lipinski definition) is 1. The molecule has 37 heavy (non-hydrogen) atoms. The van der Waals surface area contributed by atoms with E-state index in [-0.39, 0.29) is 22.3 Å². The van der Waals surface area contributed by atoms with Gasteiger partial charge in [-0.15, -0.1) is 0 Å². The lowest BCUT2D eigenvalue weighted by Crippen LogP contribution is -2.47. The van der Waals surface area contributed by atoms with E-state index in [0.29, 0.717) is 25.4 Å². The molecule has 0 bridgehead atoms. The standard InChI is InChI=1S/C29H38N2O5S/c1-28(11-5-4-6-12-28)29(19-24-26(33)30-27(37-24)31-13-15-36-16-14-31)18-21(17-23(34-2)25(29)35-3)20-7-9-22(32)10-8-20/h7-10,17,24,32H,4-6,11-16,18-19H2,1-3H3. The van der Waals surface area contributed by atoms with Crippen molar-refractivity contribution < 1.29 is 24.1 Å². The van der Waals surface area contributed by atoms with Crippen LogP contribution in [0.1, 0.15) is 57.4 Å². The highest BCUT2D eigenvalue weighted by molar-refractivity contribution is 8.15. The summed E-state index contributed by atoms with van der Waals surface area (Å²) in [6.07, 6.45) is 9.14. The molecule has 1 aromatic carbocycles. The summed E-state index contributed by atoms with van der Waals surface area (Å²) in [5.41, 5.74) is 1.68. The molecule has 2 aliphatic carbocycles. The van der Waals surface area contributed by atoms with Crippen LogP contribution in [0.4, 0.5) is 0 Å². The van der Waals surface area contributed by atoms with Gasteiger partial charge >= 0.3 is 0 Å². The number of phenolic OH excluding ortho intramolecular Hbond substituents is 1. The SMILES string of the molecule is COC1=C(OC)C(CC2SC(N3CCOCC3)=NC2=O)(C2(C)CCCCC2)CC(c2ccc(O)cc2)=C1. The van der Waals surface area contributed by atoms with Crippen LogP contribution in [0.3, 0.4) is 0 Å². The second-order valence-electron chi connectivity index (χ2n) is 10.8. The zero-order valence-corrected chi connectivity index (χ0v) is 22.9. The molecule has 7 nitrogen and oxygen atoms in total. The van der Waals surface area contributed by atoms with Gasteiger partial charge in [-0.05, 0) is 60.4 Å². The maximum atomic E-state index is 13.4.